The Balaban J connectivity index is 1.44. The number of aromatic nitrogens is 2. The van der Waals surface area contributed by atoms with Crippen LogP contribution in [0.2, 0.25) is 0 Å². The van der Waals surface area contributed by atoms with Gasteiger partial charge in [0.25, 0.3) is 0 Å². The van der Waals surface area contributed by atoms with Crippen molar-refractivity contribution in [2.24, 2.45) is 0 Å². The van der Waals surface area contributed by atoms with E-state index in [2.05, 4.69) is 87.8 Å². The second-order valence-electron chi connectivity index (χ2n) is 7.73. The molecule has 5 heteroatoms. The molecule has 0 atom stereocenters. The van der Waals surface area contributed by atoms with Gasteiger partial charge >= 0.3 is 0 Å². The third-order valence-corrected chi connectivity index (χ3v) is 5.58. The Bertz CT molecular complexity index is 888. The molecule has 0 spiro atoms. The fourth-order valence-electron chi connectivity index (χ4n) is 4.00. The van der Waals surface area contributed by atoms with Crippen molar-refractivity contribution in [1.82, 2.24) is 14.5 Å². The maximum atomic E-state index is 4.92. The van der Waals surface area contributed by atoms with Gasteiger partial charge in [-0.25, -0.2) is 4.98 Å². The molecule has 2 heterocycles. The number of hydrogen-bond acceptors (Lipinski definition) is 4. The van der Waals surface area contributed by atoms with E-state index in [9.17, 15) is 0 Å². The molecule has 5 nitrogen and oxygen atoms in total. The first-order chi connectivity index (χ1) is 13.8. The summed E-state index contributed by atoms with van der Waals surface area (Å²) in [6.07, 6.45) is 3.56. The van der Waals surface area contributed by atoms with E-state index in [1.807, 2.05) is 0 Å². The van der Waals surface area contributed by atoms with Gasteiger partial charge in [-0.3, -0.25) is 9.47 Å². The first kappa shape index (κ1) is 18.8. The topological polar surface area (TPSA) is 27.5 Å². The van der Waals surface area contributed by atoms with Crippen LogP contribution in [0.15, 0.2) is 54.6 Å². The van der Waals surface area contributed by atoms with Gasteiger partial charge in [-0.05, 0) is 37.1 Å². The van der Waals surface area contributed by atoms with Gasteiger partial charge in [0.15, 0.2) is 0 Å². The Morgan fingerprint density at radius 1 is 0.929 bits per heavy atom. The number of fused-ring (bicyclic) bond motifs is 3. The second-order valence-corrected chi connectivity index (χ2v) is 7.73. The minimum Gasteiger partial charge on any atom is -0.375 e. The van der Waals surface area contributed by atoms with E-state index in [1.54, 1.807) is 0 Å². The lowest BCUT2D eigenvalue weighted by molar-refractivity contribution is 0.197. The molecule has 0 unspecified atom stereocenters. The minimum atomic E-state index is 0.924. The minimum absolute atomic E-state index is 0.924. The summed E-state index contributed by atoms with van der Waals surface area (Å²) in [5, 5.41) is 0. The molecule has 0 saturated carbocycles. The molecule has 0 saturated heterocycles. The zero-order chi connectivity index (χ0) is 19.3. The Hall–Kier alpha value is -2.53. The number of imidazole rings is 1. The van der Waals surface area contributed by atoms with Gasteiger partial charge in [0.2, 0.25) is 5.95 Å². The number of hydrogen-bond donors (Lipinski definition) is 0. The zero-order valence-corrected chi connectivity index (χ0v) is 17.1. The number of unbranched alkanes of at least 4 members (excludes halogenated alkanes) is 1. The van der Waals surface area contributed by atoms with Crippen molar-refractivity contribution in [2.45, 2.75) is 32.9 Å². The molecular formula is C23H31N5. The highest BCUT2D eigenvalue weighted by molar-refractivity contribution is 5.79. The van der Waals surface area contributed by atoms with Crippen LogP contribution in [0.4, 0.5) is 11.6 Å². The van der Waals surface area contributed by atoms with E-state index in [0.717, 1.165) is 50.9 Å². The van der Waals surface area contributed by atoms with Gasteiger partial charge in [0.1, 0.15) is 0 Å². The summed E-state index contributed by atoms with van der Waals surface area (Å²) in [5.74, 6) is 1.13. The van der Waals surface area contributed by atoms with E-state index in [4.69, 9.17) is 4.98 Å². The maximum Gasteiger partial charge on any atom is 0.208 e. The second kappa shape index (κ2) is 8.65. The average Bonchev–Trinajstić information content (AvgIpc) is 3.11. The predicted molar refractivity (Wildman–Crippen MR) is 118 cm³/mol. The molecule has 3 aromatic rings. The molecule has 1 aliphatic heterocycles. The first-order valence-corrected chi connectivity index (χ1v) is 10.4. The van der Waals surface area contributed by atoms with Crippen LogP contribution in [0.3, 0.4) is 0 Å². The molecule has 2 aromatic carbocycles. The fraction of sp³-hybridized carbons (Fsp3) is 0.435. The molecular weight excluding hydrogens is 346 g/mol. The van der Waals surface area contributed by atoms with Gasteiger partial charge in [-0.2, -0.15) is 0 Å². The van der Waals surface area contributed by atoms with E-state index >= 15 is 0 Å². The van der Waals surface area contributed by atoms with Gasteiger partial charge in [-0.1, -0.05) is 43.7 Å². The Morgan fingerprint density at radius 3 is 2.54 bits per heavy atom. The van der Waals surface area contributed by atoms with Crippen LogP contribution in [0.1, 0.15) is 26.2 Å². The lowest BCUT2D eigenvalue weighted by atomic mass is 10.2. The normalized spacial score (nSPS) is 14.4. The Kier molecular flexibility index (Phi) is 5.81. The molecule has 0 fully saturated rings. The van der Waals surface area contributed by atoms with Crippen molar-refractivity contribution < 1.29 is 0 Å². The Labute approximate surface area is 168 Å². The first-order valence-electron chi connectivity index (χ1n) is 10.4. The summed E-state index contributed by atoms with van der Waals surface area (Å²) in [7, 11) is 2.18. The van der Waals surface area contributed by atoms with Gasteiger partial charge in [0.05, 0.1) is 24.4 Å². The molecule has 4 rings (SSSR count). The largest absolute Gasteiger partial charge is 0.375 e. The number of rotatable bonds is 8. The van der Waals surface area contributed by atoms with Crippen LogP contribution in [-0.4, -0.2) is 47.8 Å². The fourth-order valence-corrected chi connectivity index (χ4v) is 4.00. The maximum absolute atomic E-state index is 4.92. The van der Waals surface area contributed by atoms with Crippen LogP contribution in [0.25, 0.3) is 11.0 Å². The summed E-state index contributed by atoms with van der Waals surface area (Å²) in [5.41, 5.74) is 3.63. The molecule has 1 aromatic heterocycles. The Morgan fingerprint density at radius 2 is 1.71 bits per heavy atom. The highest BCUT2D eigenvalue weighted by atomic mass is 15.5. The predicted octanol–water partition coefficient (Wildman–Crippen LogP) is 4.40. The van der Waals surface area contributed by atoms with Crippen LogP contribution in [-0.2, 0) is 6.67 Å². The summed E-state index contributed by atoms with van der Waals surface area (Å²) in [6.45, 7) is 7.37. The lowest BCUT2D eigenvalue weighted by Gasteiger charge is -2.37. The molecule has 0 radical (unpaired) electrons. The summed E-state index contributed by atoms with van der Waals surface area (Å²) < 4.78 is 2.38. The zero-order valence-electron chi connectivity index (χ0n) is 17.1. The quantitative estimate of drug-likeness (QED) is 0.581. The molecule has 1 aliphatic rings. The number of benzene rings is 2. The van der Waals surface area contributed by atoms with Crippen molar-refractivity contribution in [1.29, 1.82) is 0 Å². The molecule has 0 N–H and O–H groups in total. The third kappa shape index (κ3) is 3.99. The average molecular weight is 378 g/mol. The van der Waals surface area contributed by atoms with Crippen LogP contribution >= 0.6 is 0 Å². The van der Waals surface area contributed by atoms with Gasteiger partial charge in [-0.15, -0.1) is 0 Å². The van der Waals surface area contributed by atoms with Crippen LogP contribution in [0.5, 0.6) is 0 Å². The molecule has 148 valence electrons. The standard InChI is InChI=1S/C23H31N5/c1-3-4-17-27-18-26(16-10-15-25(2)20-11-6-5-7-12-20)19-28-22-14-9-8-13-21(22)24-23(27)28/h5-9,11-14H,3-4,10,15-19H2,1-2H3. The number of anilines is 2. The molecule has 0 bridgehead atoms. The van der Waals surface area contributed by atoms with Crippen LogP contribution < -0.4 is 9.80 Å². The summed E-state index contributed by atoms with van der Waals surface area (Å²) >= 11 is 0. The summed E-state index contributed by atoms with van der Waals surface area (Å²) in [6, 6.07) is 19.1. The summed E-state index contributed by atoms with van der Waals surface area (Å²) in [4.78, 5) is 12.3. The molecule has 28 heavy (non-hydrogen) atoms. The highest BCUT2D eigenvalue weighted by Gasteiger charge is 2.25. The number of para-hydroxylation sites is 3. The van der Waals surface area contributed by atoms with E-state index < -0.39 is 0 Å². The van der Waals surface area contributed by atoms with Crippen molar-refractivity contribution in [2.75, 3.05) is 43.2 Å². The van der Waals surface area contributed by atoms with Crippen molar-refractivity contribution >= 4 is 22.7 Å². The highest BCUT2D eigenvalue weighted by Crippen LogP contribution is 2.27. The monoisotopic (exact) mass is 377 g/mol. The van der Waals surface area contributed by atoms with E-state index in [0.29, 0.717) is 0 Å². The van der Waals surface area contributed by atoms with Crippen molar-refractivity contribution in [3.8, 4) is 0 Å². The van der Waals surface area contributed by atoms with Gasteiger partial charge < -0.3 is 9.80 Å². The van der Waals surface area contributed by atoms with Crippen molar-refractivity contribution in [3.63, 3.8) is 0 Å². The van der Waals surface area contributed by atoms with Gasteiger partial charge in [0, 0.05) is 32.4 Å². The molecule has 0 amide bonds. The smallest absolute Gasteiger partial charge is 0.208 e. The van der Waals surface area contributed by atoms with Crippen molar-refractivity contribution in [3.05, 3.63) is 54.6 Å². The number of nitrogens with zero attached hydrogens (tertiary/aromatic N) is 5. The third-order valence-electron chi connectivity index (χ3n) is 5.58. The lowest BCUT2D eigenvalue weighted by Crippen LogP contribution is -2.46. The van der Waals surface area contributed by atoms with Crippen LogP contribution in [0, 0.1) is 0 Å². The SMILES string of the molecule is CCCCN1CN(CCCN(C)c2ccccc2)Cn2c1nc1ccccc12. The van der Waals surface area contributed by atoms with E-state index in [-0.39, 0.29) is 0 Å². The molecule has 0 aliphatic carbocycles. The van der Waals surface area contributed by atoms with E-state index in [1.165, 1.54) is 24.0 Å².